The Morgan fingerprint density at radius 2 is 1.90 bits per heavy atom. The van der Waals surface area contributed by atoms with E-state index in [1.54, 1.807) is 5.56 Å². The Kier molecular flexibility index (Phi) is 3.46. The summed E-state index contributed by atoms with van der Waals surface area (Å²) in [6, 6.07) is 4.54. The van der Waals surface area contributed by atoms with Crippen LogP contribution in [0.2, 0.25) is 0 Å². The Morgan fingerprint density at radius 3 is 2.67 bits per heavy atom. The average Bonchev–Trinajstić information content (AvgIpc) is 3.23. The molecule has 2 aromatic rings. The van der Waals surface area contributed by atoms with Gasteiger partial charge in [0, 0.05) is 5.69 Å². The third-order valence-electron chi connectivity index (χ3n) is 5.35. The topological polar surface area (TPSA) is 37.5 Å². The number of hydrogen-bond donors (Lipinski definition) is 1. The van der Waals surface area contributed by atoms with Gasteiger partial charge >= 0.3 is 0 Å². The van der Waals surface area contributed by atoms with Crippen LogP contribution in [-0.2, 0) is 6.42 Å². The molecule has 2 aliphatic rings. The van der Waals surface area contributed by atoms with Crippen LogP contribution >= 0.6 is 0 Å². The molecule has 2 aliphatic carbocycles. The quantitative estimate of drug-likeness (QED) is 0.929. The molecule has 112 valence electrons. The summed E-state index contributed by atoms with van der Waals surface area (Å²) in [5.41, 5.74) is 4.25. The van der Waals surface area contributed by atoms with E-state index >= 15 is 0 Å². The number of nitrogens with zero attached hydrogens (tertiary/aromatic N) is 2. The predicted molar refractivity (Wildman–Crippen MR) is 83.5 cm³/mol. The van der Waals surface area contributed by atoms with Crippen LogP contribution in [-0.4, -0.2) is 20.6 Å². The number of pyridine rings is 1. The van der Waals surface area contributed by atoms with Crippen LogP contribution in [0.5, 0.6) is 0 Å². The molecular weight excluding hydrogens is 260 g/mol. The number of rotatable bonds is 4. The molecule has 2 saturated carbocycles. The third kappa shape index (κ3) is 2.71. The fraction of sp³-hybridized carbons (Fsp3) is 0.611. The predicted octanol–water partition coefficient (Wildman–Crippen LogP) is 3.70. The largest absolute Gasteiger partial charge is 0.393 e. The fourth-order valence-electron chi connectivity index (χ4n) is 3.87. The molecule has 2 fully saturated rings. The molecule has 0 radical (unpaired) electrons. The van der Waals surface area contributed by atoms with E-state index in [1.165, 1.54) is 43.3 Å². The van der Waals surface area contributed by atoms with E-state index in [4.69, 9.17) is 0 Å². The lowest BCUT2D eigenvalue weighted by molar-refractivity contribution is 0.106. The van der Waals surface area contributed by atoms with Crippen molar-refractivity contribution in [2.24, 2.45) is 5.92 Å². The maximum absolute atomic E-state index is 9.64. The number of aliphatic hydroxyl groups excluding tert-OH is 1. The van der Waals surface area contributed by atoms with Crippen LogP contribution in [0.3, 0.4) is 0 Å². The van der Waals surface area contributed by atoms with Gasteiger partial charge in [-0.3, -0.25) is 0 Å². The molecule has 2 aromatic heterocycles. The highest BCUT2D eigenvalue weighted by Gasteiger charge is 2.27. The number of aromatic nitrogens is 2. The number of fused-ring (bicyclic) bond motifs is 1. The van der Waals surface area contributed by atoms with Crippen molar-refractivity contribution >= 4 is 5.52 Å². The second-order valence-electron chi connectivity index (χ2n) is 6.91. The summed E-state index contributed by atoms with van der Waals surface area (Å²) in [5.74, 6) is 1.58. The second-order valence-corrected chi connectivity index (χ2v) is 6.91. The number of imidazole rings is 1. The Balaban J connectivity index is 1.54. The van der Waals surface area contributed by atoms with Crippen molar-refractivity contribution in [3.05, 3.63) is 35.9 Å². The van der Waals surface area contributed by atoms with Crippen LogP contribution in [0.4, 0.5) is 0 Å². The highest BCUT2D eigenvalue weighted by atomic mass is 16.3. The summed E-state index contributed by atoms with van der Waals surface area (Å²) in [6.45, 7) is 0. The molecule has 0 atom stereocenters. The second kappa shape index (κ2) is 5.45. The number of aliphatic hydroxyl groups is 1. The van der Waals surface area contributed by atoms with Gasteiger partial charge in [-0.15, -0.1) is 0 Å². The molecule has 0 aromatic carbocycles. The van der Waals surface area contributed by atoms with Gasteiger partial charge in [0.15, 0.2) is 0 Å². The van der Waals surface area contributed by atoms with Gasteiger partial charge in [-0.05, 0) is 74.8 Å². The molecule has 3 nitrogen and oxygen atoms in total. The minimum absolute atomic E-state index is 0.0413. The van der Waals surface area contributed by atoms with Crippen LogP contribution in [0.1, 0.15) is 62.1 Å². The van der Waals surface area contributed by atoms with Crippen LogP contribution in [0, 0.1) is 5.92 Å². The molecule has 0 bridgehead atoms. The van der Waals surface area contributed by atoms with Crippen molar-refractivity contribution in [2.75, 3.05) is 0 Å². The first-order valence-electron chi connectivity index (χ1n) is 8.43. The summed E-state index contributed by atoms with van der Waals surface area (Å²) in [6.07, 6.45) is 13.4. The lowest BCUT2D eigenvalue weighted by Crippen LogP contribution is -2.19. The minimum Gasteiger partial charge on any atom is -0.393 e. The zero-order chi connectivity index (χ0) is 14.2. The summed E-state index contributed by atoms with van der Waals surface area (Å²) >= 11 is 0. The van der Waals surface area contributed by atoms with Gasteiger partial charge < -0.3 is 9.51 Å². The first kappa shape index (κ1) is 13.3. The van der Waals surface area contributed by atoms with E-state index in [-0.39, 0.29) is 6.10 Å². The number of hydrogen-bond acceptors (Lipinski definition) is 2. The summed E-state index contributed by atoms with van der Waals surface area (Å²) < 4.78 is 2.30. The Labute approximate surface area is 126 Å². The average molecular weight is 284 g/mol. The van der Waals surface area contributed by atoms with Crippen LogP contribution < -0.4 is 0 Å². The smallest absolute Gasteiger partial charge is 0.0994 e. The molecule has 3 heteroatoms. The zero-order valence-corrected chi connectivity index (χ0v) is 12.5. The first-order valence-corrected chi connectivity index (χ1v) is 8.43. The van der Waals surface area contributed by atoms with Gasteiger partial charge in [0.05, 0.1) is 24.1 Å². The monoisotopic (exact) mass is 284 g/mol. The van der Waals surface area contributed by atoms with Crippen molar-refractivity contribution in [1.29, 1.82) is 0 Å². The Bertz CT molecular complexity index is 621. The van der Waals surface area contributed by atoms with E-state index in [0.717, 1.165) is 31.1 Å². The zero-order valence-electron chi connectivity index (χ0n) is 12.5. The van der Waals surface area contributed by atoms with Crippen molar-refractivity contribution in [1.82, 2.24) is 9.38 Å². The van der Waals surface area contributed by atoms with Crippen molar-refractivity contribution in [2.45, 2.75) is 63.4 Å². The van der Waals surface area contributed by atoms with Crippen LogP contribution in [0.25, 0.3) is 5.52 Å². The molecule has 0 spiro atoms. The fourth-order valence-corrected chi connectivity index (χ4v) is 3.87. The molecule has 0 saturated heterocycles. The molecule has 0 aliphatic heterocycles. The molecule has 1 N–H and O–H groups in total. The van der Waals surface area contributed by atoms with Gasteiger partial charge in [0.2, 0.25) is 0 Å². The van der Waals surface area contributed by atoms with Crippen molar-refractivity contribution < 1.29 is 5.11 Å². The normalized spacial score (nSPS) is 26.3. The first-order chi connectivity index (χ1) is 10.3. The lowest BCUT2D eigenvalue weighted by atomic mass is 9.84. The third-order valence-corrected chi connectivity index (χ3v) is 5.35. The van der Waals surface area contributed by atoms with Gasteiger partial charge in [-0.1, -0.05) is 6.07 Å². The standard InChI is InChI=1S/C18H24N2O/c21-16-7-1-13(2-8-16)3-10-18-17(14-4-5-14)9-6-15-11-19-12-20(15)18/h6,9,11-14,16,21H,1-5,7-8,10H2. The van der Waals surface area contributed by atoms with Crippen LogP contribution in [0.15, 0.2) is 24.7 Å². The van der Waals surface area contributed by atoms with Crippen molar-refractivity contribution in [3.8, 4) is 0 Å². The lowest BCUT2D eigenvalue weighted by Gasteiger charge is -2.25. The molecule has 21 heavy (non-hydrogen) atoms. The van der Waals surface area contributed by atoms with E-state index in [0.29, 0.717) is 0 Å². The van der Waals surface area contributed by atoms with Crippen molar-refractivity contribution in [3.63, 3.8) is 0 Å². The van der Waals surface area contributed by atoms with Gasteiger partial charge in [-0.2, -0.15) is 0 Å². The number of aryl methyl sites for hydroxylation is 1. The van der Waals surface area contributed by atoms with E-state index in [9.17, 15) is 5.11 Å². The summed E-state index contributed by atoms with van der Waals surface area (Å²) in [5, 5.41) is 9.64. The SMILES string of the molecule is OC1CCC(CCc2c(C3CC3)ccc3cncn23)CC1. The molecule has 4 rings (SSSR count). The van der Waals surface area contributed by atoms with E-state index in [2.05, 4.69) is 21.5 Å². The molecular formula is C18H24N2O. The Hall–Kier alpha value is -1.35. The highest BCUT2D eigenvalue weighted by molar-refractivity contribution is 5.49. The molecule has 0 amide bonds. The maximum Gasteiger partial charge on any atom is 0.0994 e. The summed E-state index contributed by atoms with van der Waals surface area (Å²) in [7, 11) is 0. The van der Waals surface area contributed by atoms with Gasteiger partial charge in [-0.25, -0.2) is 4.98 Å². The minimum atomic E-state index is -0.0413. The summed E-state index contributed by atoms with van der Waals surface area (Å²) in [4.78, 5) is 4.32. The molecule has 0 unspecified atom stereocenters. The Morgan fingerprint density at radius 1 is 1.10 bits per heavy atom. The van der Waals surface area contributed by atoms with E-state index < -0.39 is 0 Å². The van der Waals surface area contributed by atoms with Gasteiger partial charge in [0.1, 0.15) is 0 Å². The maximum atomic E-state index is 9.64. The van der Waals surface area contributed by atoms with E-state index in [1.807, 2.05) is 12.5 Å². The highest BCUT2D eigenvalue weighted by Crippen LogP contribution is 2.42. The molecule has 2 heterocycles. The van der Waals surface area contributed by atoms with Gasteiger partial charge in [0.25, 0.3) is 0 Å².